The Morgan fingerprint density at radius 1 is 1.10 bits per heavy atom. The number of benzene rings is 2. The molecule has 1 amide bonds. The highest BCUT2D eigenvalue weighted by atomic mass is 79.9. The molecule has 0 aliphatic carbocycles. The molecule has 0 unspecified atom stereocenters. The molecular formula is C23H19BrF2N2O2. The summed E-state index contributed by atoms with van der Waals surface area (Å²) < 4.78 is 30.6. The highest BCUT2D eigenvalue weighted by Gasteiger charge is 2.25. The van der Waals surface area contributed by atoms with E-state index in [0.717, 1.165) is 33.3 Å². The summed E-state index contributed by atoms with van der Waals surface area (Å²) in [7, 11) is 0. The summed E-state index contributed by atoms with van der Waals surface area (Å²) in [4.78, 5) is 18.7. The first-order valence-corrected chi connectivity index (χ1v) is 10.4. The minimum absolute atomic E-state index is 0.0339. The highest BCUT2D eigenvalue weighted by molar-refractivity contribution is 9.10. The maximum atomic E-state index is 12.9. The molecule has 4 nitrogen and oxygen atoms in total. The third kappa shape index (κ3) is 4.51. The number of alkyl halides is 2. The van der Waals surface area contributed by atoms with E-state index in [2.05, 4.69) is 31.7 Å². The standard InChI is InChI=1S/C23H19BrF2N2O2/c24-19-3-5-21(30-23(25)26)18(14-19)2-6-22(29)28-12-9-17-13-16(1-4-20(17)28)15-7-10-27-11-8-15/h1,3-5,7-8,10-11,13-14,23H,2,6,9,12H2. The molecule has 0 spiro atoms. The first-order valence-electron chi connectivity index (χ1n) is 9.58. The number of halogens is 3. The van der Waals surface area contributed by atoms with Crippen molar-refractivity contribution in [3.63, 3.8) is 0 Å². The average molecular weight is 473 g/mol. The molecule has 4 rings (SSSR count). The van der Waals surface area contributed by atoms with Crippen molar-refractivity contribution in [1.82, 2.24) is 4.98 Å². The maximum absolute atomic E-state index is 12.9. The molecule has 154 valence electrons. The highest BCUT2D eigenvalue weighted by Crippen LogP contribution is 2.33. The quantitative estimate of drug-likeness (QED) is 0.466. The fourth-order valence-corrected chi connectivity index (χ4v) is 4.12. The molecule has 2 aromatic carbocycles. The number of hydrogen-bond donors (Lipinski definition) is 0. The van der Waals surface area contributed by atoms with Crippen molar-refractivity contribution in [3.8, 4) is 16.9 Å². The lowest BCUT2D eigenvalue weighted by Crippen LogP contribution is -2.29. The zero-order valence-electron chi connectivity index (χ0n) is 16.0. The van der Waals surface area contributed by atoms with Crippen LogP contribution in [0.4, 0.5) is 14.5 Å². The first kappa shape index (κ1) is 20.5. The van der Waals surface area contributed by atoms with Crippen molar-refractivity contribution in [2.75, 3.05) is 11.4 Å². The topological polar surface area (TPSA) is 42.4 Å². The van der Waals surface area contributed by atoms with Crippen LogP contribution in [0.1, 0.15) is 17.5 Å². The summed E-state index contributed by atoms with van der Waals surface area (Å²) in [5, 5.41) is 0. The number of rotatable bonds is 6. The molecule has 0 bridgehead atoms. The predicted octanol–water partition coefficient (Wildman–Crippen LogP) is 5.63. The lowest BCUT2D eigenvalue weighted by Gasteiger charge is -2.18. The summed E-state index contributed by atoms with van der Waals surface area (Å²) in [5.41, 5.74) is 4.79. The van der Waals surface area contributed by atoms with Gasteiger partial charge in [0, 0.05) is 35.5 Å². The van der Waals surface area contributed by atoms with Crippen molar-refractivity contribution >= 4 is 27.5 Å². The number of carbonyl (C=O) groups is 1. The van der Waals surface area contributed by atoms with Crippen LogP contribution in [0.25, 0.3) is 11.1 Å². The minimum Gasteiger partial charge on any atom is -0.435 e. The molecule has 0 atom stereocenters. The van der Waals surface area contributed by atoms with E-state index in [4.69, 9.17) is 0 Å². The second-order valence-electron chi connectivity index (χ2n) is 7.01. The number of pyridine rings is 1. The lowest BCUT2D eigenvalue weighted by molar-refractivity contribution is -0.118. The normalized spacial score (nSPS) is 12.9. The van der Waals surface area contributed by atoms with E-state index >= 15 is 0 Å². The summed E-state index contributed by atoms with van der Waals surface area (Å²) in [5.74, 6) is 0.0678. The number of aryl methyl sites for hydroxylation is 1. The van der Waals surface area contributed by atoms with Crippen molar-refractivity contribution in [2.24, 2.45) is 0 Å². The van der Waals surface area contributed by atoms with Gasteiger partial charge in [-0.1, -0.05) is 22.0 Å². The molecule has 0 radical (unpaired) electrons. The van der Waals surface area contributed by atoms with Crippen LogP contribution in [-0.2, 0) is 17.6 Å². The summed E-state index contributed by atoms with van der Waals surface area (Å²) in [6, 6.07) is 14.8. The molecule has 30 heavy (non-hydrogen) atoms. The Hall–Kier alpha value is -2.80. The summed E-state index contributed by atoms with van der Waals surface area (Å²) in [6.45, 7) is -2.28. The first-order chi connectivity index (χ1) is 14.5. The number of ether oxygens (including phenoxy) is 1. The van der Waals surface area contributed by atoms with Crippen LogP contribution in [0.15, 0.2) is 65.4 Å². The van der Waals surface area contributed by atoms with E-state index in [-0.39, 0.29) is 18.1 Å². The zero-order chi connectivity index (χ0) is 21.1. The molecule has 7 heteroatoms. The van der Waals surface area contributed by atoms with Gasteiger partial charge in [-0.3, -0.25) is 9.78 Å². The predicted molar refractivity (Wildman–Crippen MR) is 115 cm³/mol. The van der Waals surface area contributed by atoms with Gasteiger partial charge in [0.05, 0.1) is 0 Å². The van der Waals surface area contributed by atoms with Crippen LogP contribution in [0.3, 0.4) is 0 Å². The summed E-state index contributed by atoms with van der Waals surface area (Å²) >= 11 is 3.34. The smallest absolute Gasteiger partial charge is 0.387 e. The number of anilines is 1. The van der Waals surface area contributed by atoms with Crippen molar-refractivity contribution in [1.29, 1.82) is 0 Å². The fourth-order valence-electron chi connectivity index (χ4n) is 3.72. The van der Waals surface area contributed by atoms with Crippen LogP contribution in [0.2, 0.25) is 0 Å². The maximum Gasteiger partial charge on any atom is 0.387 e. The van der Waals surface area contributed by atoms with E-state index in [9.17, 15) is 13.6 Å². The SMILES string of the molecule is O=C(CCc1cc(Br)ccc1OC(F)F)N1CCc2cc(-c3ccncc3)ccc21. The summed E-state index contributed by atoms with van der Waals surface area (Å²) in [6.07, 6.45) is 4.83. The minimum atomic E-state index is -2.90. The van der Waals surface area contributed by atoms with Gasteiger partial charge in [0.2, 0.25) is 5.91 Å². The van der Waals surface area contributed by atoms with Crippen LogP contribution in [0.5, 0.6) is 5.75 Å². The van der Waals surface area contributed by atoms with Gasteiger partial charge in [-0.05, 0) is 77.6 Å². The molecule has 0 N–H and O–H groups in total. The molecule has 1 aromatic heterocycles. The van der Waals surface area contributed by atoms with Crippen LogP contribution in [-0.4, -0.2) is 24.0 Å². The van der Waals surface area contributed by atoms with Gasteiger partial charge in [-0.25, -0.2) is 0 Å². The van der Waals surface area contributed by atoms with E-state index in [0.29, 0.717) is 18.5 Å². The average Bonchev–Trinajstić information content (AvgIpc) is 3.17. The number of aromatic nitrogens is 1. The molecule has 0 saturated carbocycles. The third-order valence-electron chi connectivity index (χ3n) is 5.14. The van der Waals surface area contributed by atoms with Crippen LogP contribution in [0, 0.1) is 0 Å². The molecule has 1 aliphatic rings. The Morgan fingerprint density at radius 2 is 1.90 bits per heavy atom. The van der Waals surface area contributed by atoms with Crippen LogP contribution >= 0.6 is 15.9 Å². The van der Waals surface area contributed by atoms with E-state index in [1.54, 1.807) is 29.4 Å². The second-order valence-corrected chi connectivity index (χ2v) is 7.92. The lowest BCUT2D eigenvalue weighted by atomic mass is 10.0. The molecule has 2 heterocycles. The Bertz CT molecular complexity index is 1060. The number of amides is 1. The van der Waals surface area contributed by atoms with Crippen molar-refractivity contribution in [2.45, 2.75) is 25.9 Å². The van der Waals surface area contributed by atoms with Crippen molar-refractivity contribution < 1.29 is 18.3 Å². The molecule has 0 saturated heterocycles. The largest absolute Gasteiger partial charge is 0.435 e. The molecule has 3 aromatic rings. The number of nitrogens with zero attached hydrogens (tertiary/aromatic N) is 2. The Morgan fingerprint density at radius 3 is 2.67 bits per heavy atom. The van der Waals surface area contributed by atoms with Gasteiger partial charge < -0.3 is 9.64 Å². The second kappa shape index (κ2) is 8.92. The fraction of sp³-hybridized carbons (Fsp3) is 0.217. The van der Waals surface area contributed by atoms with E-state index in [1.807, 2.05) is 24.3 Å². The van der Waals surface area contributed by atoms with Crippen LogP contribution < -0.4 is 9.64 Å². The van der Waals surface area contributed by atoms with E-state index < -0.39 is 6.61 Å². The Balaban J connectivity index is 1.47. The Kier molecular flexibility index (Phi) is 6.08. The molecular weight excluding hydrogens is 454 g/mol. The van der Waals surface area contributed by atoms with Crippen molar-refractivity contribution in [3.05, 3.63) is 76.5 Å². The van der Waals surface area contributed by atoms with E-state index in [1.165, 1.54) is 6.07 Å². The van der Waals surface area contributed by atoms with Gasteiger partial charge in [0.15, 0.2) is 0 Å². The van der Waals surface area contributed by atoms with Gasteiger partial charge in [-0.15, -0.1) is 0 Å². The third-order valence-corrected chi connectivity index (χ3v) is 5.63. The zero-order valence-corrected chi connectivity index (χ0v) is 17.6. The number of carbonyl (C=O) groups excluding carboxylic acids is 1. The van der Waals surface area contributed by atoms with Gasteiger partial charge in [-0.2, -0.15) is 8.78 Å². The Labute approximate surface area is 181 Å². The number of fused-ring (bicyclic) bond motifs is 1. The molecule has 1 aliphatic heterocycles. The van der Waals surface area contributed by atoms with Gasteiger partial charge in [0.25, 0.3) is 0 Å². The number of hydrogen-bond acceptors (Lipinski definition) is 3. The monoisotopic (exact) mass is 472 g/mol. The van der Waals surface area contributed by atoms with Gasteiger partial charge in [0.1, 0.15) is 5.75 Å². The molecule has 0 fully saturated rings. The van der Waals surface area contributed by atoms with Gasteiger partial charge >= 0.3 is 6.61 Å².